The summed E-state index contributed by atoms with van der Waals surface area (Å²) >= 11 is 0. The van der Waals surface area contributed by atoms with E-state index in [1.165, 1.54) is 5.56 Å². The second-order valence-electron chi connectivity index (χ2n) is 3.78. The number of aromatic nitrogens is 2. The monoisotopic (exact) mass is 196 g/mol. The molecule has 0 amide bonds. The molecule has 0 saturated carbocycles. The highest BCUT2D eigenvalue weighted by atomic mass is 16.5. The highest BCUT2D eigenvalue weighted by molar-refractivity contribution is 5.03. The number of nitrogens with zero attached hydrogens (tertiary/aromatic N) is 2. The Morgan fingerprint density at radius 3 is 2.93 bits per heavy atom. The van der Waals surface area contributed by atoms with Crippen LogP contribution in [0.4, 0.5) is 0 Å². The molecule has 1 aromatic rings. The summed E-state index contributed by atoms with van der Waals surface area (Å²) in [5, 5.41) is 4.26. The second-order valence-corrected chi connectivity index (χ2v) is 3.78. The van der Waals surface area contributed by atoms with Crippen molar-refractivity contribution in [2.75, 3.05) is 6.61 Å². The largest absolute Gasteiger partial charge is 0.378 e. The van der Waals surface area contributed by atoms with Crippen LogP contribution in [-0.4, -0.2) is 22.5 Å². The molecule has 1 heterocycles. The number of ether oxygens (including phenoxy) is 1. The van der Waals surface area contributed by atoms with E-state index in [9.17, 15) is 0 Å². The van der Waals surface area contributed by atoms with Crippen LogP contribution in [0.3, 0.4) is 0 Å². The van der Waals surface area contributed by atoms with Crippen LogP contribution in [0.15, 0.2) is 12.4 Å². The maximum absolute atomic E-state index is 5.48. The van der Waals surface area contributed by atoms with Crippen molar-refractivity contribution >= 4 is 0 Å². The molecular formula is C11H20N2O. The lowest BCUT2D eigenvalue weighted by molar-refractivity contribution is 0.0813. The molecule has 1 aromatic heterocycles. The first-order valence-corrected chi connectivity index (χ1v) is 5.35. The van der Waals surface area contributed by atoms with E-state index in [1.807, 2.05) is 10.9 Å². The van der Waals surface area contributed by atoms with Crippen molar-refractivity contribution in [2.24, 2.45) is 0 Å². The highest BCUT2D eigenvalue weighted by Gasteiger charge is 1.99. The minimum atomic E-state index is 0.320. The molecule has 0 aliphatic rings. The summed E-state index contributed by atoms with van der Waals surface area (Å²) < 4.78 is 7.47. The Kier molecular flexibility index (Phi) is 4.66. The van der Waals surface area contributed by atoms with Crippen molar-refractivity contribution in [2.45, 2.75) is 46.3 Å². The SMILES string of the molecule is CCCn1cc(CCOC(C)C)cn1. The molecule has 14 heavy (non-hydrogen) atoms. The minimum absolute atomic E-state index is 0.320. The lowest BCUT2D eigenvalue weighted by Crippen LogP contribution is -2.05. The zero-order valence-electron chi connectivity index (χ0n) is 9.36. The smallest absolute Gasteiger partial charge is 0.0522 e. The van der Waals surface area contributed by atoms with Gasteiger partial charge in [0.2, 0.25) is 0 Å². The molecule has 0 radical (unpaired) electrons. The van der Waals surface area contributed by atoms with Gasteiger partial charge in [-0.3, -0.25) is 4.68 Å². The van der Waals surface area contributed by atoms with Crippen molar-refractivity contribution in [1.82, 2.24) is 9.78 Å². The summed E-state index contributed by atoms with van der Waals surface area (Å²) in [4.78, 5) is 0. The molecule has 3 heteroatoms. The Bertz CT molecular complexity index is 256. The van der Waals surface area contributed by atoms with Crippen LogP contribution >= 0.6 is 0 Å². The fraction of sp³-hybridized carbons (Fsp3) is 0.727. The number of hydrogen-bond acceptors (Lipinski definition) is 2. The fourth-order valence-corrected chi connectivity index (χ4v) is 1.30. The summed E-state index contributed by atoms with van der Waals surface area (Å²) in [6.07, 6.45) is 6.44. The van der Waals surface area contributed by atoms with Crippen molar-refractivity contribution < 1.29 is 4.74 Å². The molecule has 1 rings (SSSR count). The molecule has 0 aliphatic carbocycles. The first kappa shape index (κ1) is 11.2. The number of rotatable bonds is 6. The van der Waals surface area contributed by atoms with Crippen LogP contribution in [0.25, 0.3) is 0 Å². The maximum Gasteiger partial charge on any atom is 0.0522 e. The third-order valence-corrected chi connectivity index (χ3v) is 1.98. The van der Waals surface area contributed by atoms with Gasteiger partial charge in [-0.05, 0) is 32.3 Å². The van der Waals surface area contributed by atoms with Gasteiger partial charge in [-0.25, -0.2) is 0 Å². The average Bonchev–Trinajstić information content (AvgIpc) is 2.53. The first-order chi connectivity index (χ1) is 6.72. The van der Waals surface area contributed by atoms with Gasteiger partial charge in [-0.2, -0.15) is 5.10 Å². The van der Waals surface area contributed by atoms with Gasteiger partial charge in [0.1, 0.15) is 0 Å². The lowest BCUT2D eigenvalue weighted by atomic mass is 10.3. The third-order valence-electron chi connectivity index (χ3n) is 1.98. The average molecular weight is 196 g/mol. The summed E-state index contributed by atoms with van der Waals surface area (Å²) in [5.74, 6) is 0. The van der Waals surface area contributed by atoms with Crippen LogP contribution in [0.5, 0.6) is 0 Å². The zero-order valence-corrected chi connectivity index (χ0v) is 9.36. The molecule has 0 unspecified atom stereocenters. The predicted molar refractivity (Wildman–Crippen MR) is 57.3 cm³/mol. The summed E-state index contributed by atoms with van der Waals surface area (Å²) in [5.41, 5.74) is 1.26. The molecule has 0 bridgehead atoms. The molecule has 0 spiro atoms. The van der Waals surface area contributed by atoms with Gasteiger partial charge in [-0.1, -0.05) is 6.92 Å². The van der Waals surface area contributed by atoms with E-state index < -0.39 is 0 Å². The van der Waals surface area contributed by atoms with Gasteiger partial charge in [-0.15, -0.1) is 0 Å². The summed E-state index contributed by atoms with van der Waals surface area (Å²) in [7, 11) is 0. The van der Waals surface area contributed by atoms with Crippen molar-refractivity contribution in [3.8, 4) is 0 Å². The molecule has 0 aromatic carbocycles. The van der Waals surface area contributed by atoms with Gasteiger partial charge in [0, 0.05) is 12.7 Å². The third kappa shape index (κ3) is 3.92. The standard InChI is InChI=1S/C11H20N2O/c1-4-6-13-9-11(8-12-13)5-7-14-10(2)3/h8-10H,4-7H2,1-3H3. The van der Waals surface area contributed by atoms with Gasteiger partial charge >= 0.3 is 0 Å². The van der Waals surface area contributed by atoms with E-state index in [1.54, 1.807) is 0 Å². The van der Waals surface area contributed by atoms with E-state index >= 15 is 0 Å². The van der Waals surface area contributed by atoms with Crippen molar-refractivity contribution in [3.63, 3.8) is 0 Å². The molecule has 0 N–H and O–H groups in total. The quantitative estimate of drug-likeness (QED) is 0.698. The summed E-state index contributed by atoms with van der Waals surface area (Å²) in [6.45, 7) is 8.06. The van der Waals surface area contributed by atoms with Gasteiger partial charge in [0.25, 0.3) is 0 Å². The molecule has 0 atom stereocenters. The molecule has 80 valence electrons. The Hall–Kier alpha value is -0.830. The van der Waals surface area contributed by atoms with E-state index in [0.29, 0.717) is 6.10 Å². The molecule has 3 nitrogen and oxygen atoms in total. The van der Waals surface area contributed by atoms with E-state index in [4.69, 9.17) is 4.74 Å². The predicted octanol–water partition coefficient (Wildman–Crippen LogP) is 2.26. The van der Waals surface area contributed by atoms with E-state index in [-0.39, 0.29) is 0 Å². The minimum Gasteiger partial charge on any atom is -0.378 e. The molecular weight excluding hydrogens is 176 g/mol. The topological polar surface area (TPSA) is 27.1 Å². The number of hydrogen-bond donors (Lipinski definition) is 0. The normalized spacial score (nSPS) is 11.1. The van der Waals surface area contributed by atoms with Gasteiger partial charge in [0.15, 0.2) is 0 Å². The van der Waals surface area contributed by atoms with Crippen LogP contribution in [0.2, 0.25) is 0 Å². The number of aryl methyl sites for hydroxylation is 1. The van der Waals surface area contributed by atoms with Crippen LogP contribution in [-0.2, 0) is 17.7 Å². The molecule has 0 aliphatic heterocycles. The zero-order chi connectivity index (χ0) is 10.4. The van der Waals surface area contributed by atoms with Crippen LogP contribution in [0, 0.1) is 0 Å². The highest BCUT2D eigenvalue weighted by Crippen LogP contribution is 2.01. The van der Waals surface area contributed by atoms with Crippen molar-refractivity contribution in [3.05, 3.63) is 18.0 Å². The fourth-order valence-electron chi connectivity index (χ4n) is 1.30. The Morgan fingerprint density at radius 1 is 1.50 bits per heavy atom. The summed E-state index contributed by atoms with van der Waals surface area (Å²) in [6, 6.07) is 0. The van der Waals surface area contributed by atoms with Crippen LogP contribution < -0.4 is 0 Å². The van der Waals surface area contributed by atoms with Gasteiger partial charge in [0.05, 0.1) is 18.9 Å². The molecule has 0 fully saturated rings. The van der Waals surface area contributed by atoms with Crippen LogP contribution in [0.1, 0.15) is 32.8 Å². The van der Waals surface area contributed by atoms with E-state index in [2.05, 4.69) is 32.1 Å². The molecule has 0 saturated heterocycles. The Labute approximate surface area is 86.1 Å². The lowest BCUT2D eigenvalue weighted by Gasteiger charge is -2.05. The van der Waals surface area contributed by atoms with Crippen molar-refractivity contribution in [1.29, 1.82) is 0 Å². The first-order valence-electron chi connectivity index (χ1n) is 5.35. The maximum atomic E-state index is 5.48. The Balaban J connectivity index is 2.28. The second kappa shape index (κ2) is 5.81. The van der Waals surface area contributed by atoms with E-state index in [0.717, 1.165) is 26.0 Å². The Morgan fingerprint density at radius 2 is 2.29 bits per heavy atom. The van der Waals surface area contributed by atoms with Gasteiger partial charge < -0.3 is 4.74 Å².